The van der Waals surface area contributed by atoms with E-state index in [1.54, 1.807) is 30.3 Å². The topological polar surface area (TPSA) is 43.4 Å². The van der Waals surface area contributed by atoms with Gasteiger partial charge in [-0.05, 0) is 19.1 Å². The molecular formula is C10H8O3. The standard InChI is InChI=1S/C10H8O3/c1-8(7-11)10(12)13-9-5-3-2-4-6-9/h2-6H,1H3. The number of rotatable bonds is 2. The van der Waals surface area contributed by atoms with Crippen LogP contribution in [0.15, 0.2) is 35.9 Å². The zero-order valence-corrected chi connectivity index (χ0v) is 7.11. The van der Waals surface area contributed by atoms with E-state index in [-0.39, 0.29) is 5.57 Å². The molecule has 0 fully saturated rings. The van der Waals surface area contributed by atoms with Gasteiger partial charge in [-0.25, -0.2) is 9.59 Å². The van der Waals surface area contributed by atoms with Gasteiger partial charge in [-0.1, -0.05) is 18.2 Å². The third kappa shape index (κ3) is 2.58. The van der Waals surface area contributed by atoms with Crippen LogP contribution in [0.1, 0.15) is 6.92 Å². The van der Waals surface area contributed by atoms with Crippen LogP contribution < -0.4 is 4.74 Å². The van der Waals surface area contributed by atoms with Crippen LogP contribution in [0.25, 0.3) is 0 Å². The van der Waals surface area contributed by atoms with Gasteiger partial charge in [-0.2, -0.15) is 0 Å². The van der Waals surface area contributed by atoms with Gasteiger partial charge >= 0.3 is 5.97 Å². The molecule has 0 radical (unpaired) electrons. The van der Waals surface area contributed by atoms with E-state index in [1.807, 2.05) is 0 Å². The normalized spacial score (nSPS) is 8.69. The molecule has 1 rings (SSSR count). The summed E-state index contributed by atoms with van der Waals surface area (Å²) in [7, 11) is 0. The van der Waals surface area contributed by atoms with Crippen molar-refractivity contribution in [3.8, 4) is 5.75 Å². The Morgan fingerprint density at radius 1 is 1.31 bits per heavy atom. The Labute approximate surface area is 75.6 Å². The van der Waals surface area contributed by atoms with Crippen LogP contribution in [0.3, 0.4) is 0 Å². The molecule has 0 unspecified atom stereocenters. The average Bonchev–Trinajstić information content (AvgIpc) is 2.18. The van der Waals surface area contributed by atoms with Crippen LogP contribution in [0.4, 0.5) is 0 Å². The van der Waals surface area contributed by atoms with Crippen LogP contribution in [-0.2, 0) is 9.59 Å². The fourth-order valence-corrected chi connectivity index (χ4v) is 0.714. The number of carbonyl (C=O) groups excluding carboxylic acids is 2. The van der Waals surface area contributed by atoms with E-state index >= 15 is 0 Å². The van der Waals surface area contributed by atoms with Gasteiger partial charge in [0.2, 0.25) is 0 Å². The Bertz CT molecular complexity index is 348. The minimum absolute atomic E-state index is 0.0659. The molecule has 0 aliphatic rings. The highest BCUT2D eigenvalue weighted by molar-refractivity contribution is 5.97. The second-order valence-corrected chi connectivity index (χ2v) is 2.43. The lowest BCUT2D eigenvalue weighted by molar-refractivity contribution is -0.129. The summed E-state index contributed by atoms with van der Waals surface area (Å²) in [6, 6.07) is 8.55. The van der Waals surface area contributed by atoms with Crippen LogP contribution >= 0.6 is 0 Å². The molecule has 0 saturated carbocycles. The van der Waals surface area contributed by atoms with Crippen molar-refractivity contribution in [2.45, 2.75) is 6.92 Å². The quantitative estimate of drug-likeness (QED) is 0.296. The van der Waals surface area contributed by atoms with E-state index in [0.29, 0.717) is 5.75 Å². The number of hydrogen-bond acceptors (Lipinski definition) is 3. The van der Waals surface area contributed by atoms with Crippen molar-refractivity contribution in [3.63, 3.8) is 0 Å². The maximum absolute atomic E-state index is 11.0. The monoisotopic (exact) mass is 176 g/mol. The van der Waals surface area contributed by atoms with E-state index < -0.39 is 5.97 Å². The molecule has 66 valence electrons. The summed E-state index contributed by atoms with van der Waals surface area (Å²) in [6.07, 6.45) is 0. The second kappa shape index (κ2) is 4.24. The van der Waals surface area contributed by atoms with Crippen LogP contribution in [-0.4, -0.2) is 11.9 Å². The van der Waals surface area contributed by atoms with Crippen molar-refractivity contribution < 1.29 is 14.3 Å². The van der Waals surface area contributed by atoms with E-state index in [9.17, 15) is 9.59 Å². The van der Waals surface area contributed by atoms with Gasteiger partial charge < -0.3 is 4.74 Å². The first-order valence-electron chi connectivity index (χ1n) is 3.73. The third-order valence-corrected chi connectivity index (χ3v) is 1.41. The van der Waals surface area contributed by atoms with Crippen LogP contribution in [0.2, 0.25) is 0 Å². The smallest absolute Gasteiger partial charge is 0.350 e. The number of hydrogen-bond donors (Lipinski definition) is 0. The molecular weight excluding hydrogens is 168 g/mol. The molecule has 1 aromatic carbocycles. The number of ether oxygens (including phenoxy) is 1. The lowest BCUT2D eigenvalue weighted by Crippen LogP contribution is -2.09. The summed E-state index contributed by atoms with van der Waals surface area (Å²) in [5.74, 6) is 1.23. The van der Waals surface area contributed by atoms with Crippen LogP contribution in [0.5, 0.6) is 5.75 Å². The van der Waals surface area contributed by atoms with Crippen molar-refractivity contribution in [1.82, 2.24) is 0 Å². The zero-order chi connectivity index (χ0) is 9.68. The van der Waals surface area contributed by atoms with Gasteiger partial charge in [0.25, 0.3) is 0 Å². The molecule has 0 atom stereocenters. The first-order chi connectivity index (χ1) is 6.24. The average molecular weight is 176 g/mol. The summed E-state index contributed by atoms with van der Waals surface area (Å²) in [5, 5.41) is 0. The minimum atomic E-state index is -0.666. The fraction of sp³-hybridized carbons (Fsp3) is 0.100. The molecule has 0 heterocycles. The maximum Gasteiger partial charge on any atom is 0.350 e. The van der Waals surface area contributed by atoms with Gasteiger partial charge in [-0.3, -0.25) is 0 Å². The molecule has 0 aromatic heterocycles. The lowest BCUT2D eigenvalue weighted by Gasteiger charge is -2.00. The molecule has 0 aliphatic carbocycles. The fourth-order valence-electron chi connectivity index (χ4n) is 0.714. The van der Waals surface area contributed by atoms with Crippen molar-refractivity contribution in [1.29, 1.82) is 0 Å². The van der Waals surface area contributed by atoms with Gasteiger partial charge in [0.1, 0.15) is 17.3 Å². The molecule has 3 nitrogen and oxygen atoms in total. The van der Waals surface area contributed by atoms with Crippen molar-refractivity contribution in [3.05, 3.63) is 35.9 Å². The predicted molar refractivity (Wildman–Crippen MR) is 47.0 cm³/mol. The summed E-state index contributed by atoms with van der Waals surface area (Å²) < 4.78 is 4.83. The highest BCUT2D eigenvalue weighted by Crippen LogP contribution is 2.09. The summed E-state index contributed by atoms with van der Waals surface area (Å²) in [6.45, 7) is 1.36. The Morgan fingerprint density at radius 3 is 2.46 bits per heavy atom. The van der Waals surface area contributed by atoms with E-state index in [4.69, 9.17) is 4.74 Å². The first kappa shape index (κ1) is 9.23. The number of esters is 1. The van der Waals surface area contributed by atoms with Crippen molar-refractivity contribution >= 4 is 11.9 Å². The Kier molecular flexibility index (Phi) is 3.01. The van der Waals surface area contributed by atoms with E-state index in [1.165, 1.54) is 12.9 Å². The predicted octanol–water partition coefficient (Wildman–Crippen LogP) is 1.37. The molecule has 13 heavy (non-hydrogen) atoms. The lowest BCUT2D eigenvalue weighted by atomic mass is 10.3. The summed E-state index contributed by atoms with van der Waals surface area (Å²) in [4.78, 5) is 21.1. The maximum atomic E-state index is 11.0. The number of para-hydroxylation sites is 1. The Morgan fingerprint density at radius 2 is 1.92 bits per heavy atom. The van der Waals surface area contributed by atoms with Gasteiger partial charge in [-0.15, -0.1) is 0 Å². The molecule has 1 aromatic rings. The molecule has 0 N–H and O–H groups in total. The van der Waals surface area contributed by atoms with Crippen molar-refractivity contribution in [2.24, 2.45) is 0 Å². The molecule has 0 saturated heterocycles. The largest absolute Gasteiger partial charge is 0.423 e. The molecule has 0 amide bonds. The molecule has 0 bridgehead atoms. The zero-order valence-electron chi connectivity index (χ0n) is 7.11. The van der Waals surface area contributed by atoms with Gasteiger partial charge in [0.05, 0.1) is 0 Å². The van der Waals surface area contributed by atoms with E-state index in [0.717, 1.165) is 0 Å². The van der Waals surface area contributed by atoms with Gasteiger partial charge in [0, 0.05) is 0 Å². The summed E-state index contributed by atoms with van der Waals surface area (Å²) >= 11 is 0. The van der Waals surface area contributed by atoms with E-state index in [2.05, 4.69) is 0 Å². The van der Waals surface area contributed by atoms with Crippen molar-refractivity contribution in [2.75, 3.05) is 0 Å². The number of carbonyl (C=O) groups is 1. The highest BCUT2D eigenvalue weighted by Gasteiger charge is 2.06. The summed E-state index contributed by atoms with van der Waals surface area (Å²) in [5.41, 5.74) is -0.0659. The second-order valence-electron chi connectivity index (χ2n) is 2.43. The Hall–Kier alpha value is -1.86. The highest BCUT2D eigenvalue weighted by atomic mass is 16.5. The third-order valence-electron chi connectivity index (χ3n) is 1.41. The molecule has 0 spiro atoms. The first-order valence-corrected chi connectivity index (χ1v) is 3.73. The SMILES string of the molecule is CC(=C=O)C(=O)Oc1ccccc1. The minimum Gasteiger partial charge on any atom is -0.423 e. The Balaban J connectivity index is 2.71. The molecule has 3 heteroatoms. The van der Waals surface area contributed by atoms with Gasteiger partial charge in [0.15, 0.2) is 0 Å². The van der Waals surface area contributed by atoms with Crippen LogP contribution in [0, 0.1) is 0 Å². The molecule has 0 aliphatic heterocycles. The number of benzene rings is 1.